The number of hydrogen-bond acceptors (Lipinski definition) is 3. The molecule has 7 heteroatoms. The van der Waals surface area contributed by atoms with Crippen molar-refractivity contribution < 1.29 is 27.4 Å². The number of amides is 1. The number of rotatable bonds is 3. The van der Waals surface area contributed by atoms with E-state index in [1.807, 2.05) is 0 Å². The van der Waals surface area contributed by atoms with Crippen molar-refractivity contribution in [3.63, 3.8) is 0 Å². The monoisotopic (exact) mass is 289 g/mol. The number of alkyl halides is 3. The van der Waals surface area contributed by atoms with Crippen LogP contribution in [0.15, 0.2) is 24.3 Å². The minimum Gasteiger partial charge on any atom is -0.376 e. The predicted octanol–water partition coefficient (Wildman–Crippen LogP) is 1.85. The van der Waals surface area contributed by atoms with Gasteiger partial charge in [-0.3, -0.25) is 4.79 Å². The molecule has 1 aromatic rings. The summed E-state index contributed by atoms with van der Waals surface area (Å²) < 4.78 is 48.8. The second kappa shape index (κ2) is 6.23. The zero-order chi connectivity index (χ0) is 14.6. The Labute approximate surface area is 113 Å². The van der Waals surface area contributed by atoms with E-state index in [0.29, 0.717) is 19.8 Å². The highest BCUT2D eigenvalue weighted by molar-refractivity contribution is 5.95. The van der Waals surface area contributed by atoms with Gasteiger partial charge in [0.1, 0.15) is 0 Å². The minimum atomic E-state index is -4.56. The molecule has 1 amide bonds. The Morgan fingerprint density at radius 1 is 1.30 bits per heavy atom. The first-order chi connectivity index (χ1) is 9.48. The average Bonchev–Trinajstić information content (AvgIpc) is 2.45. The maximum atomic E-state index is 12.8. The van der Waals surface area contributed by atoms with Gasteiger partial charge in [-0.05, 0) is 12.1 Å². The van der Waals surface area contributed by atoms with E-state index in [0.717, 1.165) is 12.1 Å². The Bertz CT molecular complexity index is 470. The maximum absolute atomic E-state index is 12.8. The lowest BCUT2D eigenvalue weighted by Gasteiger charge is -2.23. The fourth-order valence-corrected chi connectivity index (χ4v) is 1.88. The zero-order valence-electron chi connectivity index (χ0n) is 10.6. The molecule has 0 bridgehead atoms. The van der Waals surface area contributed by atoms with E-state index >= 15 is 0 Å². The molecule has 2 rings (SSSR count). The first-order valence-corrected chi connectivity index (χ1v) is 6.12. The average molecular weight is 289 g/mol. The molecule has 110 valence electrons. The summed E-state index contributed by atoms with van der Waals surface area (Å²) in [5.74, 6) is -0.771. The standard InChI is InChI=1S/C13H14F3NO3/c14-13(15,16)11-4-2-1-3-10(11)12(18)17-7-9-8-19-5-6-20-9/h1-4,9H,5-8H2,(H,17,18). The van der Waals surface area contributed by atoms with Crippen molar-refractivity contribution >= 4 is 5.91 Å². The molecule has 0 aromatic heterocycles. The van der Waals surface area contributed by atoms with Crippen molar-refractivity contribution in [2.45, 2.75) is 12.3 Å². The molecule has 1 fully saturated rings. The lowest BCUT2D eigenvalue weighted by Crippen LogP contribution is -2.40. The van der Waals surface area contributed by atoms with Crippen LogP contribution in [0.1, 0.15) is 15.9 Å². The quantitative estimate of drug-likeness (QED) is 0.924. The van der Waals surface area contributed by atoms with Gasteiger partial charge in [0.25, 0.3) is 5.91 Å². The third kappa shape index (κ3) is 3.71. The highest BCUT2D eigenvalue weighted by Gasteiger charge is 2.34. The number of ether oxygens (including phenoxy) is 2. The molecule has 0 aliphatic carbocycles. The molecule has 4 nitrogen and oxygen atoms in total. The van der Waals surface area contributed by atoms with Gasteiger partial charge in [-0.1, -0.05) is 12.1 Å². The molecule has 1 atom stereocenters. The van der Waals surface area contributed by atoms with E-state index in [1.165, 1.54) is 12.1 Å². The van der Waals surface area contributed by atoms with Gasteiger partial charge in [-0.2, -0.15) is 13.2 Å². The van der Waals surface area contributed by atoms with Crippen LogP contribution in [0.25, 0.3) is 0 Å². The Hall–Kier alpha value is -1.60. The molecule has 0 saturated carbocycles. The van der Waals surface area contributed by atoms with Crippen LogP contribution in [0.5, 0.6) is 0 Å². The van der Waals surface area contributed by atoms with Crippen LogP contribution in [0.2, 0.25) is 0 Å². The fourth-order valence-electron chi connectivity index (χ4n) is 1.88. The SMILES string of the molecule is O=C(NCC1COCCO1)c1ccccc1C(F)(F)F. The number of nitrogens with one attached hydrogen (secondary N) is 1. The molecule has 0 spiro atoms. The second-order valence-corrected chi connectivity index (χ2v) is 4.32. The molecule has 1 heterocycles. The lowest BCUT2D eigenvalue weighted by atomic mass is 10.1. The number of hydrogen-bond donors (Lipinski definition) is 1. The van der Waals surface area contributed by atoms with Gasteiger partial charge in [-0.25, -0.2) is 0 Å². The van der Waals surface area contributed by atoms with E-state index in [4.69, 9.17) is 9.47 Å². The van der Waals surface area contributed by atoms with Crippen LogP contribution in [0.4, 0.5) is 13.2 Å². The molecule has 1 aromatic carbocycles. The van der Waals surface area contributed by atoms with Gasteiger partial charge in [0, 0.05) is 6.54 Å². The summed E-state index contributed by atoms with van der Waals surface area (Å²) >= 11 is 0. The Morgan fingerprint density at radius 2 is 2.05 bits per heavy atom. The van der Waals surface area contributed by atoms with Crippen LogP contribution >= 0.6 is 0 Å². The molecular weight excluding hydrogens is 275 g/mol. The lowest BCUT2D eigenvalue weighted by molar-refractivity contribution is -0.137. The highest BCUT2D eigenvalue weighted by atomic mass is 19.4. The third-order valence-electron chi connectivity index (χ3n) is 2.85. The molecule has 1 unspecified atom stereocenters. The van der Waals surface area contributed by atoms with Crippen molar-refractivity contribution in [2.75, 3.05) is 26.4 Å². The first kappa shape index (κ1) is 14.8. The normalized spacial score (nSPS) is 19.6. The number of halogens is 3. The highest BCUT2D eigenvalue weighted by Crippen LogP contribution is 2.31. The number of carbonyl (C=O) groups excluding carboxylic acids is 1. The Balaban J connectivity index is 2.02. The Kier molecular flexibility index (Phi) is 4.61. The summed E-state index contributed by atoms with van der Waals surface area (Å²) in [6, 6.07) is 4.67. The van der Waals surface area contributed by atoms with E-state index in [1.54, 1.807) is 0 Å². The van der Waals surface area contributed by atoms with Crippen molar-refractivity contribution in [3.8, 4) is 0 Å². The predicted molar refractivity (Wildman–Crippen MR) is 64.3 cm³/mol. The summed E-state index contributed by atoms with van der Waals surface area (Å²) in [6.45, 7) is 1.34. The smallest absolute Gasteiger partial charge is 0.376 e. The Morgan fingerprint density at radius 3 is 2.70 bits per heavy atom. The van der Waals surface area contributed by atoms with Crippen LogP contribution in [-0.4, -0.2) is 38.4 Å². The number of benzene rings is 1. The summed E-state index contributed by atoms with van der Waals surface area (Å²) in [7, 11) is 0. The van der Waals surface area contributed by atoms with Crippen LogP contribution in [-0.2, 0) is 15.7 Å². The van der Waals surface area contributed by atoms with Gasteiger partial charge < -0.3 is 14.8 Å². The summed E-state index contributed by atoms with van der Waals surface area (Å²) in [4.78, 5) is 11.8. The molecular formula is C13H14F3NO3. The molecule has 20 heavy (non-hydrogen) atoms. The van der Waals surface area contributed by atoms with E-state index < -0.39 is 23.2 Å². The first-order valence-electron chi connectivity index (χ1n) is 6.12. The largest absolute Gasteiger partial charge is 0.417 e. The molecule has 1 N–H and O–H groups in total. The summed E-state index contributed by atoms with van der Waals surface area (Å²) in [6.07, 6.45) is -4.89. The van der Waals surface area contributed by atoms with Gasteiger partial charge in [0.2, 0.25) is 0 Å². The van der Waals surface area contributed by atoms with E-state index in [2.05, 4.69) is 5.32 Å². The summed E-state index contributed by atoms with van der Waals surface area (Å²) in [5, 5.41) is 2.44. The van der Waals surface area contributed by atoms with Crippen molar-refractivity contribution in [3.05, 3.63) is 35.4 Å². The van der Waals surface area contributed by atoms with Gasteiger partial charge in [0.15, 0.2) is 0 Å². The molecule has 0 radical (unpaired) electrons. The molecule has 1 aliphatic rings. The fraction of sp³-hybridized carbons (Fsp3) is 0.462. The van der Waals surface area contributed by atoms with Crippen LogP contribution < -0.4 is 5.32 Å². The van der Waals surface area contributed by atoms with Crippen molar-refractivity contribution in [1.29, 1.82) is 0 Å². The number of carbonyl (C=O) groups is 1. The second-order valence-electron chi connectivity index (χ2n) is 4.32. The zero-order valence-corrected chi connectivity index (χ0v) is 10.6. The molecule has 1 aliphatic heterocycles. The third-order valence-corrected chi connectivity index (χ3v) is 2.85. The van der Waals surface area contributed by atoms with Crippen molar-refractivity contribution in [1.82, 2.24) is 5.32 Å². The van der Waals surface area contributed by atoms with E-state index in [-0.39, 0.29) is 12.6 Å². The summed E-state index contributed by atoms with van der Waals surface area (Å²) in [5.41, 5.74) is -1.34. The van der Waals surface area contributed by atoms with E-state index in [9.17, 15) is 18.0 Å². The van der Waals surface area contributed by atoms with Crippen LogP contribution in [0, 0.1) is 0 Å². The van der Waals surface area contributed by atoms with Gasteiger partial charge >= 0.3 is 6.18 Å². The minimum absolute atomic E-state index is 0.116. The van der Waals surface area contributed by atoms with Gasteiger partial charge in [-0.15, -0.1) is 0 Å². The van der Waals surface area contributed by atoms with Crippen LogP contribution in [0.3, 0.4) is 0 Å². The topological polar surface area (TPSA) is 47.6 Å². The molecule has 1 saturated heterocycles. The maximum Gasteiger partial charge on any atom is 0.417 e. The van der Waals surface area contributed by atoms with Crippen molar-refractivity contribution in [2.24, 2.45) is 0 Å². The van der Waals surface area contributed by atoms with Gasteiger partial charge in [0.05, 0.1) is 37.1 Å².